The van der Waals surface area contributed by atoms with Crippen LogP contribution in [0.5, 0.6) is 12.0 Å². The highest BCUT2D eigenvalue weighted by Crippen LogP contribution is 2.27. The van der Waals surface area contributed by atoms with Crippen molar-refractivity contribution >= 4 is 17.5 Å². The first-order chi connectivity index (χ1) is 13.7. The lowest BCUT2D eigenvalue weighted by Gasteiger charge is -2.31. The van der Waals surface area contributed by atoms with Crippen molar-refractivity contribution in [3.05, 3.63) is 29.3 Å². The number of hydrogen-bond acceptors (Lipinski definition) is 7. The monoisotopic (exact) mass is 383 g/mol. The molecule has 0 bridgehead atoms. The summed E-state index contributed by atoms with van der Waals surface area (Å²) in [5.74, 6) is 0.583. The number of aryl methyl sites for hydroxylation is 2. The van der Waals surface area contributed by atoms with Crippen molar-refractivity contribution < 1.29 is 14.3 Å². The van der Waals surface area contributed by atoms with Crippen LogP contribution in [0.1, 0.15) is 30.4 Å². The Hall–Kier alpha value is -2.90. The molecule has 0 unspecified atom stereocenters. The largest absolute Gasteiger partial charge is 0.467 e. The van der Waals surface area contributed by atoms with Gasteiger partial charge in [0.1, 0.15) is 0 Å². The lowest BCUT2D eigenvalue weighted by molar-refractivity contribution is -0.120. The molecule has 0 radical (unpaired) electrons. The predicted octanol–water partition coefficient (Wildman–Crippen LogP) is 2.23. The third-order valence-electron chi connectivity index (χ3n) is 5.46. The van der Waals surface area contributed by atoms with E-state index in [1.807, 2.05) is 11.0 Å². The van der Waals surface area contributed by atoms with Crippen molar-refractivity contribution in [1.29, 1.82) is 0 Å². The van der Waals surface area contributed by atoms with Crippen molar-refractivity contribution in [2.75, 3.05) is 37.5 Å². The molecule has 1 amide bonds. The smallest absolute Gasteiger partial charge is 0.324 e. The summed E-state index contributed by atoms with van der Waals surface area (Å²) in [4.78, 5) is 27.3. The molecule has 148 valence electrons. The number of anilines is 2. The standard InChI is InChI=1S/C20H25N5O3/c1-27-19-22-18(23-20(24-19)28-2)25-10-8-14(9-11-25)17(26)21-16-7-6-13-4-3-5-15(13)12-16/h6-7,12,14H,3-5,8-11H2,1-2H3,(H,21,26). The Labute approximate surface area is 164 Å². The van der Waals surface area contributed by atoms with Gasteiger partial charge in [-0.05, 0) is 55.4 Å². The van der Waals surface area contributed by atoms with Crippen LogP contribution < -0.4 is 19.7 Å². The molecule has 1 fully saturated rings. The summed E-state index contributed by atoms with van der Waals surface area (Å²) >= 11 is 0. The summed E-state index contributed by atoms with van der Waals surface area (Å²) < 4.78 is 10.2. The maximum atomic E-state index is 12.7. The third kappa shape index (κ3) is 3.85. The number of nitrogens with zero attached hydrogens (tertiary/aromatic N) is 4. The van der Waals surface area contributed by atoms with E-state index in [9.17, 15) is 4.79 Å². The SMILES string of the molecule is COc1nc(OC)nc(N2CCC(C(=O)Nc3ccc4c(c3)CCC4)CC2)n1. The number of carbonyl (C=O) groups excluding carboxylic acids is 1. The molecule has 0 atom stereocenters. The zero-order valence-corrected chi connectivity index (χ0v) is 16.3. The van der Waals surface area contributed by atoms with Gasteiger partial charge in [-0.3, -0.25) is 4.79 Å². The number of rotatable bonds is 5. The summed E-state index contributed by atoms with van der Waals surface area (Å²) in [7, 11) is 3.02. The number of amides is 1. The molecule has 28 heavy (non-hydrogen) atoms. The van der Waals surface area contributed by atoms with Crippen LogP contribution in [0.4, 0.5) is 11.6 Å². The van der Waals surface area contributed by atoms with E-state index in [4.69, 9.17) is 9.47 Å². The van der Waals surface area contributed by atoms with Crippen LogP contribution in [0.3, 0.4) is 0 Å². The molecule has 2 aromatic rings. The maximum Gasteiger partial charge on any atom is 0.324 e. The van der Waals surface area contributed by atoms with Gasteiger partial charge in [0, 0.05) is 24.7 Å². The summed E-state index contributed by atoms with van der Waals surface area (Å²) in [6, 6.07) is 6.72. The van der Waals surface area contributed by atoms with Gasteiger partial charge in [0.05, 0.1) is 14.2 Å². The Kier molecular flexibility index (Phi) is 5.27. The van der Waals surface area contributed by atoms with E-state index >= 15 is 0 Å². The minimum Gasteiger partial charge on any atom is -0.467 e. The fraction of sp³-hybridized carbons (Fsp3) is 0.500. The summed E-state index contributed by atoms with van der Waals surface area (Å²) in [5, 5.41) is 3.09. The maximum absolute atomic E-state index is 12.7. The van der Waals surface area contributed by atoms with Gasteiger partial charge in [0.15, 0.2) is 0 Å². The second kappa shape index (κ2) is 8.00. The molecule has 8 nitrogen and oxygen atoms in total. The Morgan fingerprint density at radius 1 is 1.04 bits per heavy atom. The van der Waals surface area contributed by atoms with Crippen LogP contribution in [-0.2, 0) is 17.6 Å². The quantitative estimate of drug-likeness (QED) is 0.847. The van der Waals surface area contributed by atoms with E-state index in [1.165, 1.54) is 31.8 Å². The van der Waals surface area contributed by atoms with Crippen molar-refractivity contribution in [3.8, 4) is 12.0 Å². The van der Waals surface area contributed by atoms with Gasteiger partial charge in [-0.1, -0.05) is 6.07 Å². The van der Waals surface area contributed by atoms with Crippen LogP contribution in [0.25, 0.3) is 0 Å². The molecule has 1 N–H and O–H groups in total. The van der Waals surface area contributed by atoms with Crippen molar-refractivity contribution in [2.45, 2.75) is 32.1 Å². The van der Waals surface area contributed by atoms with E-state index in [1.54, 1.807) is 0 Å². The highest BCUT2D eigenvalue weighted by Gasteiger charge is 2.27. The fourth-order valence-electron chi connectivity index (χ4n) is 3.89. The highest BCUT2D eigenvalue weighted by molar-refractivity contribution is 5.92. The molecule has 0 spiro atoms. The second-order valence-corrected chi connectivity index (χ2v) is 7.20. The topological polar surface area (TPSA) is 89.5 Å². The molecule has 8 heteroatoms. The van der Waals surface area contributed by atoms with Crippen LogP contribution in [0.15, 0.2) is 18.2 Å². The summed E-state index contributed by atoms with van der Waals surface area (Å²) in [5.41, 5.74) is 3.68. The molecule has 0 saturated carbocycles. The van der Waals surface area contributed by atoms with E-state index < -0.39 is 0 Å². The Morgan fingerprint density at radius 3 is 2.39 bits per heavy atom. The predicted molar refractivity (Wildman–Crippen MR) is 105 cm³/mol. The number of benzene rings is 1. The van der Waals surface area contributed by atoms with Crippen molar-refractivity contribution in [1.82, 2.24) is 15.0 Å². The fourth-order valence-corrected chi connectivity index (χ4v) is 3.89. The van der Waals surface area contributed by atoms with Crippen LogP contribution in [-0.4, -0.2) is 48.2 Å². The first-order valence-electron chi connectivity index (χ1n) is 9.68. The van der Waals surface area contributed by atoms with Gasteiger partial charge in [-0.15, -0.1) is 4.98 Å². The first kappa shape index (κ1) is 18.5. The normalized spacial score (nSPS) is 16.6. The van der Waals surface area contributed by atoms with Crippen LogP contribution in [0.2, 0.25) is 0 Å². The van der Waals surface area contributed by atoms with Crippen molar-refractivity contribution in [3.63, 3.8) is 0 Å². The van der Waals surface area contributed by atoms with Crippen LogP contribution in [0, 0.1) is 5.92 Å². The van der Waals surface area contributed by atoms with E-state index in [0.717, 1.165) is 31.4 Å². The lowest BCUT2D eigenvalue weighted by atomic mass is 9.96. The zero-order chi connectivity index (χ0) is 19.5. The minimum atomic E-state index is -0.0184. The Morgan fingerprint density at radius 2 is 1.71 bits per heavy atom. The Bertz CT molecular complexity index is 843. The molecule has 1 aliphatic heterocycles. The molecule has 1 aliphatic carbocycles. The zero-order valence-electron chi connectivity index (χ0n) is 16.3. The van der Waals surface area contributed by atoms with E-state index in [2.05, 4.69) is 32.4 Å². The van der Waals surface area contributed by atoms with Gasteiger partial charge in [-0.25, -0.2) is 0 Å². The molecule has 1 aromatic heterocycles. The van der Waals surface area contributed by atoms with Gasteiger partial charge < -0.3 is 19.7 Å². The molecule has 1 saturated heterocycles. The average molecular weight is 383 g/mol. The molecule has 1 aromatic carbocycles. The highest BCUT2D eigenvalue weighted by atomic mass is 16.5. The number of methoxy groups -OCH3 is 2. The number of nitrogens with one attached hydrogen (secondary N) is 1. The number of ether oxygens (including phenoxy) is 2. The summed E-state index contributed by atoms with van der Waals surface area (Å²) in [6.07, 6.45) is 4.95. The van der Waals surface area contributed by atoms with Gasteiger partial charge in [-0.2, -0.15) is 9.97 Å². The number of hydrogen-bond donors (Lipinski definition) is 1. The number of carbonyl (C=O) groups is 1. The number of aromatic nitrogens is 3. The van der Waals surface area contributed by atoms with Crippen LogP contribution >= 0.6 is 0 Å². The second-order valence-electron chi connectivity index (χ2n) is 7.20. The first-order valence-corrected chi connectivity index (χ1v) is 9.68. The van der Waals surface area contributed by atoms with Gasteiger partial charge in [0.25, 0.3) is 0 Å². The van der Waals surface area contributed by atoms with Gasteiger partial charge in [0.2, 0.25) is 11.9 Å². The molecule has 2 aliphatic rings. The van der Waals surface area contributed by atoms with Gasteiger partial charge >= 0.3 is 12.0 Å². The molecule has 4 rings (SSSR count). The number of fused-ring (bicyclic) bond motifs is 1. The average Bonchev–Trinajstić information content (AvgIpc) is 3.21. The third-order valence-corrected chi connectivity index (χ3v) is 5.46. The molecular formula is C20H25N5O3. The van der Waals surface area contributed by atoms with E-state index in [-0.39, 0.29) is 23.8 Å². The van der Waals surface area contributed by atoms with E-state index in [0.29, 0.717) is 19.0 Å². The minimum absolute atomic E-state index is 0.0184. The molecule has 2 heterocycles. The lowest BCUT2D eigenvalue weighted by Crippen LogP contribution is -2.39. The van der Waals surface area contributed by atoms with Crippen molar-refractivity contribution in [2.24, 2.45) is 5.92 Å². The summed E-state index contributed by atoms with van der Waals surface area (Å²) in [6.45, 7) is 1.39. The molecular weight excluding hydrogens is 358 g/mol. The Balaban J connectivity index is 1.37. The number of piperidine rings is 1.